The molecule has 0 bridgehead atoms. The van der Waals surface area contributed by atoms with E-state index in [0.29, 0.717) is 22.0 Å². The Morgan fingerprint density at radius 1 is 1.00 bits per heavy atom. The molecule has 21 heavy (non-hydrogen) atoms. The highest BCUT2D eigenvalue weighted by Crippen LogP contribution is 2.42. The molecule has 1 saturated heterocycles. The van der Waals surface area contributed by atoms with Crippen LogP contribution in [0.3, 0.4) is 0 Å². The van der Waals surface area contributed by atoms with Gasteiger partial charge in [0.15, 0.2) is 0 Å². The highest BCUT2D eigenvalue weighted by molar-refractivity contribution is 9.09. The van der Waals surface area contributed by atoms with Gasteiger partial charge in [-0.05, 0) is 29.8 Å². The Labute approximate surface area is 142 Å². The molecule has 2 atom stereocenters. The van der Waals surface area contributed by atoms with E-state index in [1.807, 2.05) is 48.5 Å². The Hall–Kier alpha value is -0.580. The van der Waals surface area contributed by atoms with Crippen LogP contribution in [-0.2, 0) is 15.3 Å². The van der Waals surface area contributed by atoms with E-state index in [-0.39, 0.29) is 6.10 Å². The van der Waals surface area contributed by atoms with Gasteiger partial charge in [-0.3, -0.25) is 0 Å². The topological polar surface area (TPSA) is 18.5 Å². The van der Waals surface area contributed by atoms with Crippen LogP contribution >= 0.6 is 39.1 Å². The van der Waals surface area contributed by atoms with Crippen LogP contribution < -0.4 is 0 Å². The van der Waals surface area contributed by atoms with Crippen molar-refractivity contribution in [3.63, 3.8) is 0 Å². The van der Waals surface area contributed by atoms with Crippen molar-refractivity contribution < 1.29 is 9.47 Å². The van der Waals surface area contributed by atoms with Gasteiger partial charge >= 0.3 is 0 Å². The van der Waals surface area contributed by atoms with Crippen LogP contribution in [0.5, 0.6) is 0 Å². The van der Waals surface area contributed by atoms with Gasteiger partial charge in [-0.25, -0.2) is 0 Å². The molecule has 110 valence electrons. The van der Waals surface area contributed by atoms with Gasteiger partial charge in [0.2, 0.25) is 5.79 Å². The van der Waals surface area contributed by atoms with Crippen LogP contribution in [0, 0.1) is 0 Å². The molecular weight excluding hydrogens is 375 g/mol. The molecule has 3 rings (SSSR count). The van der Waals surface area contributed by atoms with Gasteiger partial charge in [-0.1, -0.05) is 63.4 Å². The summed E-state index contributed by atoms with van der Waals surface area (Å²) < 4.78 is 12.2. The molecule has 0 saturated carbocycles. The average molecular weight is 388 g/mol. The smallest absolute Gasteiger partial charge is 0.205 e. The predicted octanol–water partition coefficient (Wildman–Crippen LogP) is 5.33. The Balaban J connectivity index is 1.85. The molecule has 0 amide bonds. The number of hydrogen-bond acceptors (Lipinski definition) is 2. The van der Waals surface area contributed by atoms with Gasteiger partial charge in [-0.15, -0.1) is 0 Å². The number of benzene rings is 2. The SMILES string of the molecule is Clc1ccc(C2COC(CBr)(c3ccc(Cl)cc3)O2)cc1. The minimum Gasteiger partial charge on any atom is -0.342 e. The zero-order chi connectivity index (χ0) is 14.9. The number of alkyl halides is 1. The molecule has 1 heterocycles. The molecule has 2 nitrogen and oxygen atoms in total. The highest BCUT2D eigenvalue weighted by atomic mass is 79.9. The van der Waals surface area contributed by atoms with Gasteiger partial charge in [-0.2, -0.15) is 0 Å². The van der Waals surface area contributed by atoms with Crippen LogP contribution in [-0.4, -0.2) is 11.9 Å². The fraction of sp³-hybridized carbons (Fsp3) is 0.250. The summed E-state index contributed by atoms with van der Waals surface area (Å²) in [4.78, 5) is 0. The second kappa shape index (κ2) is 6.27. The van der Waals surface area contributed by atoms with Crippen molar-refractivity contribution in [3.05, 3.63) is 69.7 Å². The fourth-order valence-corrected chi connectivity index (χ4v) is 3.22. The Morgan fingerprint density at radius 2 is 1.57 bits per heavy atom. The van der Waals surface area contributed by atoms with Gasteiger partial charge < -0.3 is 9.47 Å². The lowest BCUT2D eigenvalue weighted by Crippen LogP contribution is -2.29. The molecule has 0 aromatic heterocycles. The van der Waals surface area contributed by atoms with Crippen molar-refractivity contribution in [3.8, 4) is 0 Å². The second-order valence-electron chi connectivity index (χ2n) is 4.86. The molecule has 0 aliphatic carbocycles. The molecule has 2 aromatic rings. The van der Waals surface area contributed by atoms with Crippen molar-refractivity contribution in [1.82, 2.24) is 0 Å². The fourth-order valence-electron chi connectivity index (χ4n) is 2.35. The molecular formula is C16H13BrCl2O2. The Morgan fingerprint density at radius 3 is 2.14 bits per heavy atom. The summed E-state index contributed by atoms with van der Waals surface area (Å²) in [6.07, 6.45) is -0.115. The van der Waals surface area contributed by atoms with Gasteiger partial charge in [0.25, 0.3) is 0 Å². The van der Waals surface area contributed by atoms with Gasteiger partial charge in [0.05, 0.1) is 11.9 Å². The summed E-state index contributed by atoms with van der Waals surface area (Å²) in [6.45, 7) is 0.496. The first kappa shape index (κ1) is 15.3. The van der Waals surface area contributed by atoms with Crippen molar-refractivity contribution >= 4 is 39.1 Å². The van der Waals surface area contributed by atoms with Gasteiger partial charge in [0, 0.05) is 15.6 Å². The van der Waals surface area contributed by atoms with E-state index in [1.54, 1.807) is 0 Å². The number of hydrogen-bond donors (Lipinski definition) is 0. The van der Waals surface area contributed by atoms with Crippen LogP contribution in [0.4, 0.5) is 0 Å². The Bertz CT molecular complexity index is 615. The summed E-state index contributed by atoms with van der Waals surface area (Å²) in [6, 6.07) is 15.2. The first-order valence-corrected chi connectivity index (χ1v) is 8.40. The van der Waals surface area contributed by atoms with Crippen molar-refractivity contribution in [2.45, 2.75) is 11.9 Å². The van der Waals surface area contributed by atoms with Crippen LogP contribution in [0.15, 0.2) is 48.5 Å². The number of rotatable bonds is 3. The van der Waals surface area contributed by atoms with Gasteiger partial charge in [0.1, 0.15) is 6.10 Å². The second-order valence-corrected chi connectivity index (χ2v) is 6.30. The van der Waals surface area contributed by atoms with Crippen LogP contribution in [0.25, 0.3) is 0 Å². The molecule has 0 spiro atoms. The molecule has 1 fully saturated rings. The minimum absolute atomic E-state index is 0.115. The summed E-state index contributed by atoms with van der Waals surface area (Å²) in [7, 11) is 0. The van der Waals surface area contributed by atoms with Crippen LogP contribution in [0.1, 0.15) is 17.2 Å². The van der Waals surface area contributed by atoms with E-state index in [1.165, 1.54) is 0 Å². The normalized spacial score (nSPS) is 25.2. The molecule has 2 unspecified atom stereocenters. The molecule has 2 aromatic carbocycles. The summed E-state index contributed by atoms with van der Waals surface area (Å²) in [5.41, 5.74) is 2.00. The van der Waals surface area contributed by atoms with E-state index in [9.17, 15) is 0 Å². The highest BCUT2D eigenvalue weighted by Gasteiger charge is 2.42. The summed E-state index contributed by atoms with van der Waals surface area (Å²) in [5.74, 6) is -0.783. The minimum atomic E-state index is -0.783. The third-order valence-corrected chi connectivity index (χ3v) is 4.74. The van der Waals surface area contributed by atoms with Crippen molar-refractivity contribution in [2.24, 2.45) is 0 Å². The van der Waals surface area contributed by atoms with E-state index in [0.717, 1.165) is 11.1 Å². The number of ether oxygens (including phenoxy) is 2. The zero-order valence-corrected chi connectivity index (χ0v) is 14.2. The number of halogens is 3. The maximum atomic E-state index is 6.19. The quantitative estimate of drug-likeness (QED) is 0.662. The maximum absolute atomic E-state index is 6.19. The molecule has 0 radical (unpaired) electrons. The molecule has 0 N–H and O–H groups in total. The summed E-state index contributed by atoms with van der Waals surface area (Å²) >= 11 is 15.4. The molecule has 1 aliphatic rings. The van der Waals surface area contributed by atoms with E-state index >= 15 is 0 Å². The lowest BCUT2D eigenvalue weighted by molar-refractivity contribution is -0.157. The Kier molecular flexibility index (Phi) is 4.57. The zero-order valence-electron chi connectivity index (χ0n) is 11.1. The summed E-state index contributed by atoms with van der Waals surface area (Å²) in [5, 5.41) is 1.95. The third-order valence-electron chi connectivity index (χ3n) is 3.50. The van der Waals surface area contributed by atoms with E-state index in [2.05, 4.69) is 15.9 Å². The van der Waals surface area contributed by atoms with E-state index in [4.69, 9.17) is 32.7 Å². The standard InChI is InChI=1S/C16H13BrCl2O2/c17-10-16(12-3-7-14(19)8-4-12)20-9-15(21-16)11-1-5-13(18)6-2-11/h1-8,15H,9-10H2. The first-order chi connectivity index (χ1) is 10.1. The van der Waals surface area contributed by atoms with E-state index < -0.39 is 5.79 Å². The maximum Gasteiger partial charge on any atom is 0.205 e. The predicted molar refractivity (Wildman–Crippen MR) is 88.2 cm³/mol. The first-order valence-electron chi connectivity index (χ1n) is 6.52. The average Bonchev–Trinajstić information content (AvgIpc) is 2.94. The molecule has 5 heteroatoms. The van der Waals surface area contributed by atoms with Crippen molar-refractivity contribution in [2.75, 3.05) is 11.9 Å². The third kappa shape index (κ3) is 3.13. The molecule has 1 aliphatic heterocycles. The monoisotopic (exact) mass is 386 g/mol. The largest absolute Gasteiger partial charge is 0.342 e. The lowest BCUT2D eigenvalue weighted by atomic mass is 10.1. The van der Waals surface area contributed by atoms with Crippen LogP contribution in [0.2, 0.25) is 10.0 Å². The van der Waals surface area contributed by atoms with Crippen molar-refractivity contribution in [1.29, 1.82) is 0 Å². The lowest BCUT2D eigenvalue weighted by Gasteiger charge is -2.26.